The second kappa shape index (κ2) is 5.51. The van der Waals surface area contributed by atoms with E-state index in [1.165, 1.54) is 10.0 Å². The second-order valence-corrected chi connectivity index (χ2v) is 6.06. The standard InChI is InChI=1S/C14H20BrNO/c15-13-4-2-1-3-11(13)9-14(10-16)7-5-12(17)6-8-14/h1-4,12,17H,5-10,16H2. The first-order chi connectivity index (χ1) is 8.15. The van der Waals surface area contributed by atoms with Crippen LogP contribution in [0.1, 0.15) is 31.2 Å². The minimum atomic E-state index is -0.117. The molecule has 3 heteroatoms. The van der Waals surface area contributed by atoms with Crippen LogP contribution >= 0.6 is 15.9 Å². The van der Waals surface area contributed by atoms with Crippen LogP contribution in [-0.2, 0) is 6.42 Å². The van der Waals surface area contributed by atoms with Gasteiger partial charge in [0.1, 0.15) is 0 Å². The van der Waals surface area contributed by atoms with E-state index >= 15 is 0 Å². The Morgan fingerprint density at radius 1 is 1.29 bits per heavy atom. The van der Waals surface area contributed by atoms with Crippen LogP contribution in [0.2, 0.25) is 0 Å². The number of aliphatic hydroxyl groups excluding tert-OH is 1. The van der Waals surface area contributed by atoms with Gasteiger partial charge >= 0.3 is 0 Å². The van der Waals surface area contributed by atoms with E-state index in [-0.39, 0.29) is 11.5 Å². The molecule has 0 bridgehead atoms. The summed E-state index contributed by atoms with van der Waals surface area (Å²) in [6.45, 7) is 0.709. The lowest BCUT2D eigenvalue weighted by Gasteiger charge is -2.38. The monoisotopic (exact) mass is 297 g/mol. The van der Waals surface area contributed by atoms with Crippen molar-refractivity contribution in [2.75, 3.05) is 6.54 Å². The molecule has 1 fully saturated rings. The molecule has 1 aromatic carbocycles. The van der Waals surface area contributed by atoms with Gasteiger partial charge in [0.2, 0.25) is 0 Å². The predicted molar refractivity (Wildman–Crippen MR) is 73.8 cm³/mol. The van der Waals surface area contributed by atoms with Gasteiger partial charge in [0, 0.05) is 4.47 Å². The van der Waals surface area contributed by atoms with Gasteiger partial charge in [0.05, 0.1) is 6.10 Å². The number of rotatable bonds is 3. The van der Waals surface area contributed by atoms with Gasteiger partial charge in [0.15, 0.2) is 0 Å². The Morgan fingerprint density at radius 2 is 1.94 bits per heavy atom. The summed E-state index contributed by atoms with van der Waals surface area (Å²) in [6.07, 6.45) is 4.74. The fourth-order valence-corrected chi connectivity index (χ4v) is 3.14. The fraction of sp³-hybridized carbons (Fsp3) is 0.571. The van der Waals surface area contributed by atoms with Crippen molar-refractivity contribution in [3.05, 3.63) is 34.3 Å². The van der Waals surface area contributed by atoms with Gasteiger partial charge in [-0.05, 0) is 55.7 Å². The zero-order valence-electron chi connectivity index (χ0n) is 10.0. The van der Waals surface area contributed by atoms with Crippen LogP contribution in [0, 0.1) is 5.41 Å². The van der Waals surface area contributed by atoms with Gasteiger partial charge in [-0.15, -0.1) is 0 Å². The Morgan fingerprint density at radius 3 is 2.53 bits per heavy atom. The molecule has 0 unspecified atom stereocenters. The molecule has 2 nitrogen and oxygen atoms in total. The largest absolute Gasteiger partial charge is 0.393 e. The molecular formula is C14H20BrNO. The molecule has 94 valence electrons. The zero-order chi connectivity index (χ0) is 12.3. The normalized spacial score (nSPS) is 29.2. The van der Waals surface area contributed by atoms with Gasteiger partial charge in [-0.1, -0.05) is 34.1 Å². The van der Waals surface area contributed by atoms with Crippen LogP contribution in [0.5, 0.6) is 0 Å². The summed E-state index contributed by atoms with van der Waals surface area (Å²) in [5.74, 6) is 0. The average Bonchev–Trinajstić information content (AvgIpc) is 2.35. The second-order valence-electron chi connectivity index (χ2n) is 5.20. The number of hydrogen-bond acceptors (Lipinski definition) is 2. The highest BCUT2D eigenvalue weighted by Gasteiger charge is 2.34. The van der Waals surface area contributed by atoms with Gasteiger partial charge < -0.3 is 10.8 Å². The van der Waals surface area contributed by atoms with Crippen molar-refractivity contribution in [3.8, 4) is 0 Å². The maximum absolute atomic E-state index is 9.61. The molecule has 0 spiro atoms. The number of halogens is 1. The number of aliphatic hydroxyl groups is 1. The van der Waals surface area contributed by atoms with Gasteiger partial charge in [0.25, 0.3) is 0 Å². The summed E-state index contributed by atoms with van der Waals surface area (Å²) in [6, 6.07) is 8.35. The maximum atomic E-state index is 9.61. The quantitative estimate of drug-likeness (QED) is 0.901. The van der Waals surface area contributed by atoms with Crippen molar-refractivity contribution >= 4 is 15.9 Å². The van der Waals surface area contributed by atoms with E-state index in [0.717, 1.165) is 32.1 Å². The number of nitrogens with two attached hydrogens (primary N) is 1. The number of hydrogen-bond donors (Lipinski definition) is 2. The first kappa shape index (κ1) is 13.1. The maximum Gasteiger partial charge on any atom is 0.0540 e. The van der Waals surface area contributed by atoms with Crippen LogP contribution in [0.15, 0.2) is 28.7 Å². The van der Waals surface area contributed by atoms with Crippen LogP contribution < -0.4 is 5.73 Å². The van der Waals surface area contributed by atoms with E-state index in [9.17, 15) is 5.11 Å². The van der Waals surface area contributed by atoms with Crippen LogP contribution in [0.25, 0.3) is 0 Å². The fourth-order valence-electron chi connectivity index (χ4n) is 2.71. The third-order valence-electron chi connectivity index (χ3n) is 3.97. The van der Waals surface area contributed by atoms with Gasteiger partial charge in [-0.3, -0.25) is 0 Å². The minimum absolute atomic E-state index is 0.117. The molecule has 0 saturated heterocycles. The lowest BCUT2D eigenvalue weighted by molar-refractivity contribution is 0.0664. The lowest BCUT2D eigenvalue weighted by atomic mass is 9.69. The van der Waals surface area contributed by atoms with Crippen molar-refractivity contribution in [3.63, 3.8) is 0 Å². The molecule has 0 radical (unpaired) electrons. The lowest BCUT2D eigenvalue weighted by Crippen LogP contribution is -2.38. The third-order valence-corrected chi connectivity index (χ3v) is 4.75. The van der Waals surface area contributed by atoms with Crippen molar-refractivity contribution in [1.29, 1.82) is 0 Å². The molecule has 0 amide bonds. The van der Waals surface area contributed by atoms with Crippen LogP contribution in [0.3, 0.4) is 0 Å². The van der Waals surface area contributed by atoms with Crippen molar-refractivity contribution in [1.82, 2.24) is 0 Å². The molecule has 0 atom stereocenters. The molecule has 2 rings (SSSR count). The number of benzene rings is 1. The highest BCUT2D eigenvalue weighted by molar-refractivity contribution is 9.10. The first-order valence-corrected chi connectivity index (χ1v) is 7.06. The highest BCUT2D eigenvalue weighted by Crippen LogP contribution is 2.39. The molecule has 0 aromatic heterocycles. The van der Waals surface area contributed by atoms with Gasteiger partial charge in [-0.25, -0.2) is 0 Å². The molecule has 1 aliphatic rings. The van der Waals surface area contributed by atoms with E-state index < -0.39 is 0 Å². The smallest absolute Gasteiger partial charge is 0.0540 e. The third kappa shape index (κ3) is 3.09. The summed E-state index contributed by atoms with van der Waals surface area (Å²) in [4.78, 5) is 0. The molecule has 1 saturated carbocycles. The minimum Gasteiger partial charge on any atom is -0.393 e. The van der Waals surface area contributed by atoms with Crippen LogP contribution in [-0.4, -0.2) is 17.8 Å². The Bertz CT molecular complexity index is 372. The molecule has 3 N–H and O–H groups in total. The summed E-state index contributed by atoms with van der Waals surface area (Å²) < 4.78 is 1.17. The molecule has 0 aliphatic heterocycles. The highest BCUT2D eigenvalue weighted by atomic mass is 79.9. The summed E-state index contributed by atoms with van der Waals surface area (Å²) in [5, 5.41) is 9.61. The summed E-state index contributed by atoms with van der Waals surface area (Å²) in [5.41, 5.74) is 7.50. The Balaban J connectivity index is 2.12. The van der Waals surface area contributed by atoms with E-state index in [2.05, 4.69) is 34.1 Å². The predicted octanol–water partition coefficient (Wildman–Crippen LogP) is 2.87. The van der Waals surface area contributed by atoms with Crippen molar-refractivity contribution < 1.29 is 5.11 Å². The summed E-state index contributed by atoms with van der Waals surface area (Å²) >= 11 is 3.60. The van der Waals surface area contributed by atoms with Crippen LogP contribution in [0.4, 0.5) is 0 Å². The summed E-state index contributed by atoms with van der Waals surface area (Å²) in [7, 11) is 0. The average molecular weight is 298 g/mol. The zero-order valence-corrected chi connectivity index (χ0v) is 11.6. The topological polar surface area (TPSA) is 46.2 Å². The Kier molecular flexibility index (Phi) is 4.23. The molecule has 1 aromatic rings. The SMILES string of the molecule is NCC1(Cc2ccccc2Br)CCC(O)CC1. The Labute approximate surface area is 111 Å². The van der Waals surface area contributed by atoms with E-state index in [0.29, 0.717) is 6.54 Å². The van der Waals surface area contributed by atoms with Gasteiger partial charge in [-0.2, -0.15) is 0 Å². The van der Waals surface area contributed by atoms with Crippen molar-refractivity contribution in [2.45, 2.75) is 38.2 Å². The van der Waals surface area contributed by atoms with Crippen molar-refractivity contribution in [2.24, 2.45) is 11.1 Å². The van der Waals surface area contributed by atoms with E-state index in [1.807, 2.05) is 6.07 Å². The molecule has 1 aliphatic carbocycles. The van der Waals surface area contributed by atoms with E-state index in [1.54, 1.807) is 0 Å². The molecule has 17 heavy (non-hydrogen) atoms. The van der Waals surface area contributed by atoms with E-state index in [4.69, 9.17) is 5.73 Å². The molecule has 0 heterocycles. The molecular weight excluding hydrogens is 278 g/mol. The Hall–Kier alpha value is -0.380. The first-order valence-electron chi connectivity index (χ1n) is 6.27.